The van der Waals surface area contributed by atoms with Gasteiger partial charge in [-0.2, -0.15) is 0 Å². The van der Waals surface area contributed by atoms with Crippen molar-refractivity contribution in [2.45, 2.75) is 13.5 Å². The molecule has 1 aromatic heterocycles. The summed E-state index contributed by atoms with van der Waals surface area (Å²) in [5, 5.41) is 4.23. The summed E-state index contributed by atoms with van der Waals surface area (Å²) < 4.78 is 1.94. The van der Waals surface area contributed by atoms with Crippen molar-refractivity contribution in [3.05, 3.63) is 22.4 Å². The molecule has 12 heavy (non-hydrogen) atoms. The number of nitrogens with one attached hydrogen (secondary N) is 1. The quantitative estimate of drug-likeness (QED) is 0.734. The molecule has 0 atom stereocenters. The first-order valence-electron chi connectivity index (χ1n) is 3.75. The molecule has 1 rings (SSSR count). The van der Waals surface area contributed by atoms with E-state index in [9.17, 15) is 0 Å². The Labute approximate surface area is 82.1 Å². The van der Waals surface area contributed by atoms with Crippen molar-refractivity contribution in [2.24, 2.45) is 0 Å². The maximum absolute atomic E-state index is 5.95. The molecule has 0 amide bonds. The second-order valence-corrected chi connectivity index (χ2v) is 3.22. The van der Waals surface area contributed by atoms with Gasteiger partial charge in [-0.1, -0.05) is 23.2 Å². The number of aryl methyl sites for hydroxylation is 1. The van der Waals surface area contributed by atoms with Gasteiger partial charge in [0.2, 0.25) is 0 Å². The highest BCUT2D eigenvalue weighted by Gasteiger charge is 2.10. The maximum atomic E-state index is 5.95. The van der Waals surface area contributed by atoms with Crippen LogP contribution in [0.2, 0.25) is 10.0 Å². The van der Waals surface area contributed by atoms with Crippen LogP contribution in [0.25, 0.3) is 0 Å². The molecule has 2 nitrogen and oxygen atoms in total. The Kier molecular flexibility index (Phi) is 3.18. The first-order valence-corrected chi connectivity index (χ1v) is 4.50. The summed E-state index contributed by atoms with van der Waals surface area (Å²) in [6.45, 7) is 2.90. The van der Waals surface area contributed by atoms with Gasteiger partial charge in [-0.3, -0.25) is 0 Å². The third-order valence-corrected chi connectivity index (χ3v) is 2.22. The van der Waals surface area contributed by atoms with Gasteiger partial charge in [0, 0.05) is 7.05 Å². The second kappa shape index (κ2) is 3.97. The third kappa shape index (κ3) is 1.82. The number of pyridine rings is 1. The average molecular weight is 206 g/mol. The van der Waals surface area contributed by atoms with Gasteiger partial charge >= 0.3 is 0 Å². The van der Waals surface area contributed by atoms with Crippen LogP contribution >= 0.6 is 23.2 Å². The van der Waals surface area contributed by atoms with Crippen molar-refractivity contribution in [3.8, 4) is 0 Å². The summed E-state index contributed by atoms with van der Waals surface area (Å²) in [6, 6.07) is 0. The Morgan fingerprint density at radius 2 is 1.83 bits per heavy atom. The largest absolute Gasteiger partial charge is 0.385 e. The molecule has 66 valence electrons. The molecule has 0 saturated carbocycles. The minimum Gasteiger partial charge on any atom is -0.385 e. The number of hydrogen-bond acceptors (Lipinski definition) is 1. The number of nitrogens with zero attached hydrogens (tertiary/aromatic N) is 1. The topological polar surface area (TPSA) is 15.9 Å². The fourth-order valence-corrected chi connectivity index (χ4v) is 1.68. The van der Waals surface area contributed by atoms with Crippen molar-refractivity contribution in [3.63, 3.8) is 0 Å². The van der Waals surface area contributed by atoms with Gasteiger partial charge in [0.05, 0.1) is 5.69 Å². The Balaban J connectivity index is 3.18. The molecular formula is C8H11Cl2N2+. The van der Waals surface area contributed by atoms with Gasteiger partial charge in [-0.25, -0.2) is 4.57 Å². The smallest absolute Gasteiger partial charge is 0.189 e. The van der Waals surface area contributed by atoms with Crippen LogP contribution in [0.4, 0.5) is 5.69 Å². The van der Waals surface area contributed by atoms with E-state index >= 15 is 0 Å². The molecule has 1 aromatic rings. The van der Waals surface area contributed by atoms with E-state index in [1.807, 2.05) is 23.9 Å². The predicted octanol–water partition coefficient (Wildman–Crippen LogP) is 2.34. The van der Waals surface area contributed by atoms with Crippen molar-refractivity contribution in [1.82, 2.24) is 0 Å². The lowest BCUT2D eigenvalue weighted by Gasteiger charge is -2.03. The molecule has 4 heteroatoms. The minimum absolute atomic E-state index is 0.645. The van der Waals surface area contributed by atoms with E-state index in [1.165, 1.54) is 0 Å². The zero-order valence-electron chi connectivity index (χ0n) is 7.06. The highest BCUT2D eigenvalue weighted by Crippen LogP contribution is 2.27. The molecule has 0 aliphatic rings. The van der Waals surface area contributed by atoms with E-state index in [-0.39, 0.29) is 0 Å². The summed E-state index contributed by atoms with van der Waals surface area (Å²) in [5.41, 5.74) is 0.781. The van der Waals surface area contributed by atoms with Crippen LogP contribution in [0.5, 0.6) is 0 Å². The Morgan fingerprint density at radius 1 is 1.33 bits per heavy atom. The summed E-state index contributed by atoms with van der Waals surface area (Å²) in [6.07, 6.45) is 3.69. The second-order valence-electron chi connectivity index (χ2n) is 2.41. The minimum atomic E-state index is 0.645. The number of rotatable bonds is 2. The van der Waals surface area contributed by atoms with E-state index in [4.69, 9.17) is 23.2 Å². The molecule has 0 spiro atoms. The standard InChI is InChI=1S/C8H10Cl2N2/c1-3-12-4-6(9)8(11-2)7(10)5-12/h4-5H,3H2,1-2H3/p+1. The SMILES string of the molecule is CC[n+]1cc(Cl)c(NC)c(Cl)c1. The molecule has 0 saturated heterocycles. The highest BCUT2D eigenvalue weighted by molar-refractivity contribution is 6.38. The van der Waals surface area contributed by atoms with E-state index in [2.05, 4.69) is 5.32 Å². The van der Waals surface area contributed by atoms with Gasteiger partial charge < -0.3 is 5.32 Å². The lowest BCUT2D eigenvalue weighted by molar-refractivity contribution is -0.693. The Bertz CT molecular complexity index is 263. The molecular weight excluding hydrogens is 195 g/mol. The number of halogens is 2. The van der Waals surface area contributed by atoms with E-state index < -0.39 is 0 Å². The van der Waals surface area contributed by atoms with Crippen LogP contribution in [-0.4, -0.2) is 7.05 Å². The lowest BCUT2D eigenvalue weighted by atomic mass is 10.4. The molecule has 0 fully saturated rings. The van der Waals surface area contributed by atoms with E-state index in [0.717, 1.165) is 12.2 Å². The Hall–Kier alpha value is -0.470. The van der Waals surface area contributed by atoms with E-state index in [1.54, 1.807) is 7.05 Å². The summed E-state index contributed by atoms with van der Waals surface area (Å²) >= 11 is 11.9. The maximum Gasteiger partial charge on any atom is 0.189 e. The van der Waals surface area contributed by atoms with Crippen LogP contribution in [-0.2, 0) is 6.54 Å². The molecule has 1 N–H and O–H groups in total. The highest BCUT2D eigenvalue weighted by atomic mass is 35.5. The third-order valence-electron chi connectivity index (χ3n) is 1.65. The predicted molar refractivity (Wildman–Crippen MR) is 51.9 cm³/mol. The Morgan fingerprint density at radius 3 is 2.17 bits per heavy atom. The first-order chi connectivity index (χ1) is 5.69. The normalized spacial score (nSPS) is 10.0. The number of hydrogen-bond donors (Lipinski definition) is 1. The lowest BCUT2D eigenvalue weighted by Crippen LogP contribution is -2.31. The zero-order valence-corrected chi connectivity index (χ0v) is 8.58. The average Bonchev–Trinajstić information content (AvgIpc) is 2.03. The van der Waals surface area contributed by atoms with Crippen LogP contribution in [0.15, 0.2) is 12.4 Å². The number of anilines is 1. The van der Waals surface area contributed by atoms with Crippen molar-refractivity contribution >= 4 is 28.9 Å². The van der Waals surface area contributed by atoms with Gasteiger partial charge in [0.15, 0.2) is 12.4 Å². The summed E-state index contributed by atoms with van der Waals surface area (Å²) in [5.74, 6) is 0. The fraction of sp³-hybridized carbons (Fsp3) is 0.375. The van der Waals surface area contributed by atoms with Gasteiger partial charge in [0.1, 0.15) is 16.6 Å². The fourth-order valence-electron chi connectivity index (χ4n) is 0.993. The zero-order chi connectivity index (χ0) is 9.14. The van der Waals surface area contributed by atoms with Crippen LogP contribution in [0, 0.1) is 0 Å². The monoisotopic (exact) mass is 205 g/mol. The van der Waals surface area contributed by atoms with Gasteiger partial charge in [0.25, 0.3) is 0 Å². The van der Waals surface area contributed by atoms with E-state index in [0.29, 0.717) is 10.0 Å². The van der Waals surface area contributed by atoms with Gasteiger partial charge in [-0.15, -0.1) is 0 Å². The summed E-state index contributed by atoms with van der Waals surface area (Å²) in [4.78, 5) is 0. The van der Waals surface area contributed by atoms with Crippen molar-refractivity contribution in [1.29, 1.82) is 0 Å². The van der Waals surface area contributed by atoms with Crippen LogP contribution < -0.4 is 9.88 Å². The molecule has 0 unspecified atom stereocenters. The molecule has 0 aliphatic carbocycles. The molecule has 1 heterocycles. The molecule has 0 radical (unpaired) electrons. The van der Waals surface area contributed by atoms with Crippen molar-refractivity contribution in [2.75, 3.05) is 12.4 Å². The van der Waals surface area contributed by atoms with Crippen LogP contribution in [0.3, 0.4) is 0 Å². The van der Waals surface area contributed by atoms with Gasteiger partial charge in [-0.05, 0) is 6.92 Å². The molecule has 0 aromatic carbocycles. The number of aromatic nitrogens is 1. The molecule has 0 aliphatic heterocycles. The van der Waals surface area contributed by atoms with Crippen LogP contribution in [0.1, 0.15) is 6.92 Å². The summed E-state index contributed by atoms with van der Waals surface area (Å²) in [7, 11) is 1.80. The van der Waals surface area contributed by atoms with Crippen molar-refractivity contribution < 1.29 is 4.57 Å². The first kappa shape index (κ1) is 9.62. The molecule has 0 bridgehead atoms.